The molecule has 1 heterocycles. The van der Waals surface area contributed by atoms with E-state index in [1.807, 2.05) is 40.7 Å². The van der Waals surface area contributed by atoms with Gasteiger partial charge in [-0.2, -0.15) is 5.06 Å². The Morgan fingerprint density at radius 1 is 1.19 bits per heavy atom. The van der Waals surface area contributed by atoms with Gasteiger partial charge in [0.2, 0.25) is 5.91 Å². The average molecular weight is 768 g/mol. The maximum Gasteiger partial charge on any atom is 0.309 e. The summed E-state index contributed by atoms with van der Waals surface area (Å²) in [6.45, 7) is 11.4. The summed E-state index contributed by atoms with van der Waals surface area (Å²) in [5.41, 5.74) is 0.914. The van der Waals surface area contributed by atoms with Crippen LogP contribution in [-0.4, -0.2) is 39.3 Å². The Morgan fingerprint density at radius 2 is 1.74 bits per heavy atom. The van der Waals surface area contributed by atoms with Gasteiger partial charge < -0.3 is 15.3 Å². The molecule has 1 aliphatic rings. The van der Waals surface area contributed by atoms with Crippen LogP contribution in [0.2, 0.25) is 0 Å². The minimum atomic E-state index is -0.470. The van der Waals surface area contributed by atoms with Crippen molar-refractivity contribution in [2.24, 2.45) is 5.92 Å². The number of amides is 1. The number of rotatable bonds is 6. The molecule has 1 aliphatic heterocycles. The van der Waals surface area contributed by atoms with Gasteiger partial charge in [0.1, 0.15) is 6.10 Å². The van der Waals surface area contributed by atoms with Crippen LogP contribution in [-0.2, 0) is 20.7 Å². The van der Waals surface area contributed by atoms with E-state index in [9.17, 15) is 14.8 Å². The Bertz CT molecular complexity index is 840. The van der Waals surface area contributed by atoms with Gasteiger partial charge in [0.05, 0.1) is 11.6 Å². The highest BCUT2D eigenvalue weighted by atomic mass is 127. The number of anilines is 1. The van der Waals surface area contributed by atoms with Crippen LogP contribution in [0.5, 0.6) is 0 Å². The smallest absolute Gasteiger partial charge is 0.309 e. The molecule has 0 aromatic heterocycles. The third-order valence-electron chi connectivity index (χ3n) is 5.73. The Balaban J connectivity index is 2.22. The molecule has 1 amide bonds. The second-order valence-electron chi connectivity index (χ2n) is 9.40. The Kier molecular flexibility index (Phi) is 9.48. The van der Waals surface area contributed by atoms with Gasteiger partial charge in [-0.1, -0.05) is 6.92 Å². The molecule has 0 bridgehead atoms. The van der Waals surface area contributed by atoms with Gasteiger partial charge in [-0.25, -0.2) is 0 Å². The zero-order chi connectivity index (χ0) is 23.7. The summed E-state index contributed by atoms with van der Waals surface area (Å²) in [4.78, 5) is 24.8. The second kappa shape index (κ2) is 10.7. The molecule has 0 aliphatic carbocycles. The van der Waals surface area contributed by atoms with Crippen LogP contribution in [0.3, 0.4) is 0 Å². The lowest BCUT2D eigenvalue weighted by Gasteiger charge is -2.51. The van der Waals surface area contributed by atoms with Crippen LogP contribution in [0.4, 0.5) is 5.69 Å². The number of carbonyl (C=O) groups is 2. The molecule has 0 saturated carbocycles. The fraction of sp³-hybridized carbons (Fsp3) is 0.636. The minimum Gasteiger partial charge on any atom is -0.462 e. The average Bonchev–Trinajstić information content (AvgIpc) is 2.62. The molecule has 31 heavy (non-hydrogen) atoms. The molecule has 1 aromatic rings. The number of benzene rings is 1. The van der Waals surface area contributed by atoms with Crippen LogP contribution in [0.1, 0.15) is 66.4 Å². The summed E-state index contributed by atoms with van der Waals surface area (Å²) >= 11 is 6.77. The highest BCUT2D eigenvalue weighted by molar-refractivity contribution is 14.1. The number of ether oxygens (including phenoxy) is 1. The highest BCUT2D eigenvalue weighted by Crippen LogP contribution is 2.39. The lowest BCUT2D eigenvalue weighted by Crippen LogP contribution is -2.60. The molecule has 9 heteroatoms. The van der Waals surface area contributed by atoms with E-state index in [0.29, 0.717) is 25.7 Å². The van der Waals surface area contributed by atoms with Crippen LogP contribution in [0.15, 0.2) is 6.07 Å². The van der Waals surface area contributed by atoms with E-state index >= 15 is 0 Å². The predicted octanol–water partition coefficient (Wildman–Crippen LogP) is 5.98. The SMILES string of the molecule is CCC(Cc1c(I)cc(I)c(NC(C)=O)c1I)C(=O)OC1CC(C)(C)N(O)C(C)(C)C1. The summed E-state index contributed by atoms with van der Waals surface area (Å²) < 4.78 is 8.99. The van der Waals surface area contributed by atoms with E-state index in [0.717, 1.165) is 22.0 Å². The summed E-state index contributed by atoms with van der Waals surface area (Å²) in [5, 5.41) is 14.8. The topological polar surface area (TPSA) is 78.9 Å². The minimum absolute atomic E-state index is 0.116. The number of nitrogens with zero attached hydrogens (tertiary/aromatic N) is 1. The number of hydrogen-bond donors (Lipinski definition) is 2. The van der Waals surface area contributed by atoms with Gasteiger partial charge in [-0.3, -0.25) is 9.59 Å². The van der Waals surface area contributed by atoms with Gasteiger partial charge in [-0.05, 0) is 120 Å². The molecule has 1 fully saturated rings. The van der Waals surface area contributed by atoms with Gasteiger partial charge in [-0.15, -0.1) is 0 Å². The molecule has 0 radical (unpaired) electrons. The first-order valence-corrected chi connectivity index (χ1v) is 13.6. The van der Waals surface area contributed by atoms with E-state index in [-0.39, 0.29) is 23.9 Å². The molecule has 174 valence electrons. The lowest BCUT2D eigenvalue weighted by atomic mass is 9.80. The van der Waals surface area contributed by atoms with Crippen molar-refractivity contribution in [1.82, 2.24) is 5.06 Å². The number of hydroxylamine groups is 2. The molecule has 1 aromatic carbocycles. The fourth-order valence-electron chi connectivity index (χ4n) is 4.27. The van der Waals surface area contributed by atoms with E-state index in [1.165, 1.54) is 12.0 Å². The maximum absolute atomic E-state index is 13.1. The summed E-state index contributed by atoms with van der Waals surface area (Å²) in [5.74, 6) is -0.586. The normalized spacial score (nSPS) is 19.7. The van der Waals surface area contributed by atoms with Crippen molar-refractivity contribution in [3.8, 4) is 0 Å². The van der Waals surface area contributed by atoms with Crippen LogP contribution in [0.25, 0.3) is 0 Å². The van der Waals surface area contributed by atoms with Crippen LogP contribution in [0, 0.1) is 16.6 Å². The maximum atomic E-state index is 13.1. The first-order chi connectivity index (χ1) is 14.2. The summed E-state index contributed by atoms with van der Waals surface area (Å²) in [6.07, 6.45) is 2.15. The molecular formula is C22H31I3N2O4. The fourth-order valence-corrected chi connectivity index (χ4v) is 8.35. The monoisotopic (exact) mass is 768 g/mol. The second-order valence-corrected chi connectivity index (χ2v) is 12.8. The Labute approximate surface area is 226 Å². The van der Waals surface area contributed by atoms with Crippen molar-refractivity contribution in [2.45, 2.75) is 84.4 Å². The predicted molar refractivity (Wildman–Crippen MR) is 147 cm³/mol. The standard InChI is InChI=1S/C22H31I3N2O4/c1-7-13(8-15-16(23)9-17(24)19(18(15)25)26-12(2)28)20(29)31-14-10-21(3,4)27(30)22(5,6)11-14/h9,13-14,30H,7-8,10-11H2,1-6H3,(H,26,28). The number of nitrogens with one attached hydrogen (secondary N) is 1. The van der Waals surface area contributed by atoms with Crippen LogP contribution >= 0.6 is 67.8 Å². The molecule has 1 unspecified atom stereocenters. The zero-order valence-electron chi connectivity index (χ0n) is 18.8. The van der Waals surface area contributed by atoms with Crippen molar-refractivity contribution < 1.29 is 19.5 Å². The molecule has 6 nitrogen and oxygen atoms in total. The summed E-state index contributed by atoms with van der Waals surface area (Å²) in [6, 6.07) is 2.03. The molecule has 2 rings (SSSR count). The first kappa shape index (κ1) is 27.5. The van der Waals surface area contributed by atoms with Crippen LogP contribution < -0.4 is 5.32 Å². The highest BCUT2D eigenvalue weighted by Gasteiger charge is 2.46. The third kappa shape index (κ3) is 6.66. The van der Waals surface area contributed by atoms with E-state index in [4.69, 9.17) is 4.74 Å². The van der Waals surface area contributed by atoms with E-state index < -0.39 is 11.1 Å². The van der Waals surface area contributed by atoms with Crippen molar-refractivity contribution >= 4 is 85.3 Å². The Morgan fingerprint density at radius 3 is 2.23 bits per heavy atom. The van der Waals surface area contributed by atoms with Gasteiger partial charge in [0, 0.05) is 41.6 Å². The molecular weight excluding hydrogens is 737 g/mol. The zero-order valence-corrected chi connectivity index (χ0v) is 25.3. The number of halogens is 3. The van der Waals surface area contributed by atoms with Gasteiger partial charge in [0.15, 0.2) is 0 Å². The van der Waals surface area contributed by atoms with Crippen molar-refractivity contribution in [3.05, 3.63) is 22.3 Å². The molecule has 1 saturated heterocycles. The summed E-state index contributed by atoms with van der Waals surface area (Å²) in [7, 11) is 0. The number of carbonyl (C=O) groups excluding carboxylic acids is 2. The van der Waals surface area contributed by atoms with Crippen molar-refractivity contribution in [1.29, 1.82) is 0 Å². The molecule has 0 spiro atoms. The van der Waals surface area contributed by atoms with Gasteiger partial charge >= 0.3 is 5.97 Å². The Hall–Kier alpha value is 0.270. The largest absolute Gasteiger partial charge is 0.462 e. The first-order valence-electron chi connectivity index (χ1n) is 10.3. The molecule has 1 atom stereocenters. The third-order valence-corrected chi connectivity index (χ3v) is 8.73. The quantitative estimate of drug-likeness (QED) is 0.275. The van der Waals surface area contributed by atoms with E-state index in [2.05, 4.69) is 73.1 Å². The van der Waals surface area contributed by atoms with Crippen molar-refractivity contribution in [3.63, 3.8) is 0 Å². The molecule has 2 N–H and O–H groups in total. The lowest BCUT2D eigenvalue weighted by molar-refractivity contribution is -0.260. The number of hydrogen-bond acceptors (Lipinski definition) is 5. The number of esters is 1. The van der Waals surface area contributed by atoms with Gasteiger partial charge in [0.25, 0.3) is 0 Å². The van der Waals surface area contributed by atoms with E-state index in [1.54, 1.807) is 0 Å². The number of piperidine rings is 1. The van der Waals surface area contributed by atoms with Crippen molar-refractivity contribution in [2.75, 3.05) is 5.32 Å².